The quantitative estimate of drug-likeness (QED) is 0.731. The molecule has 0 saturated heterocycles. The van der Waals surface area contributed by atoms with E-state index in [0.717, 1.165) is 30.8 Å². The van der Waals surface area contributed by atoms with Crippen LogP contribution in [-0.4, -0.2) is 28.0 Å². The molecule has 0 atom stereocenters. The van der Waals surface area contributed by atoms with Crippen molar-refractivity contribution in [2.24, 2.45) is 0 Å². The van der Waals surface area contributed by atoms with Crippen molar-refractivity contribution in [3.8, 4) is 0 Å². The molecular weight excluding hydrogens is 206 g/mol. The van der Waals surface area contributed by atoms with E-state index in [2.05, 4.69) is 10.4 Å². The average molecular weight is 223 g/mol. The molecular formula is C11H17N3O2. The Hall–Kier alpha value is -1.52. The Balaban J connectivity index is 2.15. The number of hydrogen-bond donors (Lipinski definition) is 1. The van der Waals surface area contributed by atoms with Crippen molar-refractivity contribution in [3.05, 3.63) is 11.8 Å². The standard InChI is InChI=1S/C11H17N3O2/c1-11(2,3)16-10(15)14-7-8-5-4-6-12-9(8)13-14/h7H,4-6H2,1-3H3,(H,12,13). The molecule has 0 fully saturated rings. The van der Waals surface area contributed by atoms with Crippen LogP contribution in [0.25, 0.3) is 0 Å². The number of carbonyl (C=O) groups is 1. The third kappa shape index (κ3) is 2.35. The topological polar surface area (TPSA) is 56.2 Å². The molecule has 1 aromatic rings. The minimum absolute atomic E-state index is 0.427. The Morgan fingerprint density at radius 2 is 2.31 bits per heavy atom. The lowest BCUT2D eigenvalue weighted by atomic mass is 10.1. The lowest BCUT2D eigenvalue weighted by molar-refractivity contribution is 0.0515. The molecule has 2 heterocycles. The van der Waals surface area contributed by atoms with Gasteiger partial charge in [-0.25, -0.2) is 4.79 Å². The van der Waals surface area contributed by atoms with Crippen molar-refractivity contribution >= 4 is 11.9 Å². The van der Waals surface area contributed by atoms with Crippen molar-refractivity contribution in [3.63, 3.8) is 0 Å². The molecule has 0 bridgehead atoms. The van der Waals surface area contributed by atoms with Gasteiger partial charge in [-0.2, -0.15) is 4.68 Å². The van der Waals surface area contributed by atoms with E-state index in [9.17, 15) is 4.79 Å². The molecule has 1 aromatic heterocycles. The zero-order valence-electron chi connectivity index (χ0n) is 9.91. The molecule has 0 amide bonds. The molecule has 5 heteroatoms. The van der Waals surface area contributed by atoms with E-state index in [4.69, 9.17) is 4.74 Å². The van der Waals surface area contributed by atoms with Gasteiger partial charge in [-0.05, 0) is 33.6 Å². The van der Waals surface area contributed by atoms with Crippen molar-refractivity contribution < 1.29 is 9.53 Å². The molecule has 1 aliphatic heterocycles. The fraction of sp³-hybridized carbons (Fsp3) is 0.636. The van der Waals surface area contributed by atoms with E-state index >= 15 is 0 Å². The van der Waals surface area contributed by atoms with Crippen LogP contribution in [0.4, 0.5) is 10.6 Å². The van der Waals surface area contributed by atoms with E-state index in [1.165, 1.54) is 4.68 Å². The Morgan fingerprint density at radius 3 is 2.94 bits per heavy atom. The van der Waals surface area contributed by atoms with Crippen molar-refractivity contribution in [2.75, 3.05) is 11.9 Å². The molecule has 2 rings (SSSR count). The lowest BCUT2D eigenvalue weighted by Crippen LogP contribution is -2.27. The highest BCUT2D eigenvalue weighted by molar-refractivity contribution is 5.71. The molecule has 0 spiro atoms. The maximum absolute atomic E-state index is 11.7. The number of carbonyl (C=O) groups excluding carboxylic acids is 1. The number of nitrogens with one attached hydrogen (secondary N) is 1. The van der Waals surface area contributed by atoms with E-state index in [-0.39, 0.29) is 0 Å². The van der Waals surface area contributed by atoms with Crippen LogP contribution in [0, 0.1) is 0 Å². The molecule has 1 N–H and O–H groups in total. The Labute approximate surface area is 94.8 Å². The van der Waals surface area contributed by atoms with E-state index in [1.54, 1.807) is 6.20 Å². The summed E-state index contributed by atoms with van der Waals surface area (Å²) < 4.78 is 6.51. The van der Waals surface area contributed by atoms with Gasteiger partial charge < -0.3 is 10.1 Å². The first-order chi connectivity index (χ1) is 7.46. The maximum atomic E-state index is 11.7. The zero-order chi connectivity index (χ0) is 11.8. The predicted octanol–water partition coefficient (Wildman–Crippen LogP) is 2.02. The minimum atomic E-state index is -0.489. The largest absolute Gasteiger partial charge is 0.442 e. The molecule has 0 aromatic carbocycles. The second kappa shape index (κ2) is 3.81. The number of nitrogens with zero attached hydrogens (tertiary/aromatic N) is 2. The molecule has 0 saturated carbocycles. The van der Waals surface area contributed by atoms with E-state index in [1.807, 2.05) is 20.8 Å². The SMILES string of the molecule is CC(C)(C)OC(=O)n1cc2c(n1)NCCC2. The van der Waals surface area contributed by atoms with Gasteiger partial charge in [0.15, 0.2) is 5.82 Å². The summed E-state index contributed by atoms with van der Waals surface area (Å²) in [5.41, 5.74) is 0.592. The lowest BCUT2D eigenvalue weighted by Gasteiger charge is -2.18. The molecule has 88 valence electrons. The summed E-state index contributed by atoms with van der Waals surface area (Å²) in [6.45, 7) is 6.43. The summed E-state index contributed by atoms with van der Waals surface area (Å²) in [6.07, 6.45) is 3.36. The third-order valence-corrected chi connectivity index (χ3v) is 2.29. The van der Waals surface area contributed by atoms with E-state index in [0.29, 0.717) is 0 Å². The van der Waals surface area contributed by atoms with Gasteiger partial charge in [0.2, 0.25) is 0 Å². The Kier molecular flexibility index (Phi) is 2.61. The second-order valence-electron chi connectivity index (χ2n) is 4.96. The summed E-state index contributed by atoms with van der Waals surface area (Å²) in [5, 5.41) is 7.33. The summed E-state index contributed by atoms with van der Waals surface area (Å²) in [7, 11) is 0. The van der Waals surface area contributed by atoms with E-state index < -0.39 is 11.7 Å². The number of fused-ring (bicyclic) bond motifs is 1. The van der Waals surface area contributed by atoms with Crippen LogP contribution in [0.2, 0.25) is 0 Å². The Morgan fingerprint density at radius 1 is 1.56 bits per heavy atom. The van der Waals surface area contributed by atoms with Gasteiger partial charge in [-0.3, -0.25) is 0 Å². The van der Waals surface area contributed by atoms with Gasteiger partial charge >= 0.3 is 6.09 Å². The molecule has 0 radical (unpaired) electrons. The summed E-state index contributed by atoms with van der Waals surface area (Å²) in [4.78, 5) is 11.7. The first-order valence-corrected chi connectivity index (χ1v) is 5.51. The second-order valence-corrected chi connectivity index (χ2v) is 4.96. The van der Waals surface area contributed by atoms with Crippen LogP contribution in [0.5, 0.6) is 0 Å². The first-order valence-electron chi connectivity index (χ1n) is 5.51. The van der Waals surface area contributed by atoms with Crippen LogP contribution in [0.15, 0.2) is 6.20 Å². The number of hydrogen-bond acceptors (Lipinski definition) is 4. The maximum Gasteiger partial charge on any atom is 0.435 e. The average Bonchev–Trinajstić information content (AvgIpc) is 2.58. The van der Waals surface area contributed by atoms with Gasteiger partial charge in [0.05, 0.1) is 0 Å². The highest BCUT2D eigenvalue weighted by atomic mass is 16.6. The van der Waals surface area contributed by atoms with Gasteiger partial charge in [-0.1, -0.05) is 0 Å². The zero-order valence-corrected chi connectivity index (χ0v) is 9.91. The number of rotatable bonds is 0. The molecule has 1 aliphatic rings. The third-order valence-electron chi connectivity index (χ3n) is 2.29. The van der Waals surface area contributed by atoms with Crippen molar-refractivity contribution in [1.29, 1.82) is 0 Å². The number of aromatic nitrogens is 2. The molecule has 16 heavy (non-hydrogen) atoms. The Bertz CT molecular complexity index is 380. The normalized spacial score (nSPS) is 15.2. The van der Waals surface area contributed by atoms with Crippen LogP contribution in [-0.2, 0) is 11.2 Å². The molecule has 5 nitrogen and oxygen atoms in total. The fourth-order valence-corrected chi connectivity index (χ4v) is 1.63. The van der Waals surface area contributed by atoms with Crippen molar-refractivity contribution in [2.45, 2.75) is 39.2 Å². The minimum Gasteiger partial charge on any atom is -0.442 e. The number of ether oxygens (including phenoxy) is 1. The predicted molar refractivity (Wildman–Crippen MR) is 60.7 cm³/mol. The van der Waals surface area contributed by atoms with Crippen LogP contribution in [0.3, 0.4) is 0 Å². The summed E-state index contributed by atoms with van der Waals surface area (Å²) >= 11 is 0. The highest BCUT2D eigenvalue weighted by Gasteiger charge is 2.21. The molecule has 0 unspecified atom stereocenters. The number of aryl methyl sites for hydroxylation is 1. The van der Waals surface area contributed by atoms with Crippen LogP contribution < -0.4 is 5.32 Å². The highest BCUT2D eigenvalue weighted by Crippen LogP contribution is 2.20. The van der Waals surface area contributed by atoms with Gasteiger partial charge in [0.1, 0.15) is 5.60 Å². The monoisotopic (exact) mass is 223 g/mol. The smallest absolute Gasteiger partial charge is 0.435 e. The summed E-state index contributed by atoms with van der Waals surface area (Å²) in [5.74, 6) is 0.803. The van der Waals surface area contributed by atoms with Crippen LogP contribution >= 0.6 is 0 Å². The first kappa shape index (κ1) is 11.0. The van der Waals surface area contributed by atoms with Gasteiger partial charge in [0.25, 0.3) is 0 Å². The van der Waals surface area contributed by atoms with Crippen molar-refractivity contribution in [1.82, 2.24) is 9.78 Å². The number of anilines is 1. The van der Waals surface area contributed by atoms with Gasteiger partial charge in [-0.15, -0.1) is 5.10 Å². The summed E-state index contributed by atoms with van der Waals surface area (Å²) in [6, 6.07) is 0. The van der Waals surface area contributed by atoms with Gasteiger partial charge in [0, 0.05) is 18.3 Å². The fourth-order valence-electron chi connectivity index (χ4n) is 1.63. The van der Waals surface area contributed by atoms with Crippen LogP contribution in [0.1, 0.15) is 32.8 Å². The molecule has 0 aliphatic carbocycles.